The minimum absolute atomic E-state index is 0.539. The molecule has 26 heavy (non-hydrogen) atoms. The highest BCUT2D eigenvalue weighted by Gasteiger charge is 2.40. The van der Waals surface area contributed by atoms with Crippen LogP contribution >= 0.6 is 0 Å². The van der Waals surface area contributed by atoms with Crippen LogP contribution in [-0.4, -0.2) is 27.5 Å². The monoisotopic (exact) mass is 341 g/mol. The Kier molecular flexibility index (Phi) is 3.45. The van der Waals surface area contributed by atoms with Crippen molar-refractivity contribution in [1.82, 2.24) is 14.5 Å². The molecule has 2 atom stereocenters. The second-order valence-electron chi connectivity index (χ2n) is 7.76. The molecule has 1 aromatic carbocycles. The smallest absolute Gasteiger partial charge is 0.0618 e. The number of likely N-dealkylation sites (N-methyl/N-ethyl adjacent to an activating group) is 1. The summed E-state index contributed by atoms with van der Waals surface area (Å²) in [7, 11) is 2.29. The zero-order valence-electron chi connectivity index (χ0n) is 15.6. The third-order valence-electron chi connectivity index (χ3n) is 6.09. The Morgan fingerprint density at radius 2 is 2.00 bits per heavy atom. The summed E-state index contributed by atoms with van der Waals surface area (Å²) in [5.41, 5.74) is 7.48. The number of pyridine rings is 1. The average molecular weight is 341 g/mol. The van der Waals surface area contributed by atoms with Gasteiger partial charge in [-0.05, 0) is 69.5 Å². The summed E-state index contributed by atoms with van der Waals surface area (Å²) in [6.45, 7) is 4.18. The molecule has 2 unspecified atom stereocenters. The maximum atomic E-state index is 4.37. The summed E-state index contributed by atoms with van der Waals surface area (Å²) in [4.78, 5) is 6.94. The molecule has 0 aliphatic carbocycles. The molecule has 130 valence electrons. The van der Waals surface area contributed by atoms with Gasteiger partial charge in [-0.3, -0.25) is 14.5 Å². The molecule has 1 fully saturated rings. The molecular formula is C23H23N3. The van der Waals surface area contributed by atoms with Gasteiger partial charge in [-0.2, -0.15) is 0 Å². The van der Waals surface area contributed by atoms with Gasteiger partial charge in [0.1, 0.15) is 0 Å². The first kappa shape index (κ1) is 15.7. The number of fused-ring (bicyclic) bond motifs is 6. The van der Waals surface area contributed by atoms with Crippen molar-refractivity contribution in [3.05, 3.63) is 64.6 Å². The normalized spacial score (nSPS) is 21.5. The molecule has 0 N–H and O–H groups in total. The van der Waals surface area contributed by atoms with E-state index in [1.165, 1.54) is 40.6 Å². The zero-order chi connectivity index (χ0) is 17.8. The van der Waals surface area contributed by atoms with Crippen LogP contribution in [0.25, 0.3) is 10.9 Å². The Balaban J connectivity index is 1.72. The number of nitrogens with zero attached hydrogens (tertiary/aromatic N) is 3. The van der Waals surface area contributed by atoms with Crippen LogP contribution in [-0.2, 0) is 6.42 Å². The molecule has 2 aliphatic rings. The van der Waals surface area contributed by atoms with Gasteiger partial charge in [0.25, 0.3) is 0 Å². The molecule has 0 saturated carbocycles. The second kappa shape index (κ2) is 5.72. The molecule has 2 aromatic heterocycles. The molecule has 5 rings (SSSR count). The molecule has 3 heteroatoms. The van der Waals surface area contributed by atoms with E-state index < -0.39 is 0 Å². The molecule has 0 spiro atoms. The molecule has 2 aliphatic heterocycles. The van der Waals surface area contributed by atoms with E-state index in [0.29, 0.717) is 12.1 Å². The van der Waals surface area contributed by atoms with Crippen molar-refractivity contribution in [2.75, 3.05) is 7.05 Å². The van der Waals surface area contributed by atoms with E-state index in [1.807, 2.05) is 19.2 Å². The Morgan fingerprint density at radius 3 is 2.81 bits per heavy atom. The van der Waals surface area contributed by atoms with Crippen molar-refractivity contribution >= 4 is 10.9 Å². The molecule has 2 bridgehead atoms. The molecule has 0 radical (unpaired) electrons. The third-order valence-corrected chi connectivity index (χ3v) is 6.09. The lowest BCUT2D eigenvalue weighted by molar-refractivity contribution is 0.223. The maximum absolute atomic E-state index is 4.37. The van der Waals surface area contributed by atoms with Crippen LogP contribution in [0.2, 0.25) is 0 Å². The van der Waals surface area contributed by atoms with E-state index in [-0.39, 0.29) is 0 Å². The van der Waals surface area contributed by atoms with Crippen molar-refractivity contribution in [2.45, 2.75) is 45.2 Å². The number of hydrogen-bond donors (Lipinski definition) is 0. The van der Waals surface area contributed by atoms with Gasteiger partial charge >= 0.3 is 0 Å². The highest BCUT2D eigenvalue weighted by molar-refractivity contribution is 5.88. The van der Waals surface area contributed by atoms with Crippen LogP contribution in [0.5, 0.6) is 0 Å². The summed E-state index contributed by atoms with van der Waals surface area (Å²) >= 11 is 0. The quantitative estimate of drug-likeness (QED) is 0.571. The van der Waals surface area contributed by atoms with Gasteiger partial charge in [-0.1, -0.05) is 11.6 Å². The van der Waals surface area contributed by atoms with E-state index in [4.69, 9.17) is 0 Å². The third kappa shape index (κ3) is 2.29. The van der Waals surface area contributed by atoms with Crippen molar-refractivity contribution in [1.29, 1.82) is 0 Å². The standard InChI is InChI=1S/C23H23N3/c1-15-4-8-20-19(12-15)23-21-9-7-18(25(21)3)13-22(23)26(20)11-10-17-6-5-16(2)24-14-17/h4-6,8,12,14,18,21H,7,9,13H2,1-3H3. The number of hydrogen-bond acceptors (Lipinski definition) is 2. The predicted octanol–water partition coefficient (Wildman–Crippen LogP) is 4.20. The Bertz CT molecular complexity index is 1060. The van der Waals surface area contributed by atoms with E-state index in [1.54, 1.807) is 0 Å². The van der Waals surface area contributed by atoms with Gasteiger partial charge in [0, 0.05) is 53.1 Å². The molecule has 3 aromatic rings. The highest BCUT2D eigenvalue weighted by Crippen LogP contribution is 2.46. The summed E-state index contributed by atoms with van der Waals surface area (Å²) in [6.07, 6.45) is 5.51. The minimum Gasteiger partial charge on any atom is -0.296 e. The number of rotatable bonds is 0. The van der Waals surface area contributed by atoms with Gasteiger partial charge in [0.15, 0.2) is 0 Å². The van der Waals surface area contributed by atoms with E-state index in [9.17, 15) is 0 Å². The fourth-order valence-electron chi connectivity index (χ4n) is 4.67. The fourth-order valence-corrected chi connectivity index (χ4v) is 4.67. The lowest BCUT2D eigenvalue weighted by Gasteiger charge is -2.31. The average Bonchev–Trinajstić information content (AvgIpc) is 3.04. The van der Waals surface area contributed by atoms with Crippen LogP contribution in [0.4, 0.5) is 0 Å². The lowest BCUT2D eigenvalue weighted by atomic mass is 9.97. The number of benzene rings is 1. The van der Waals surface area contributed by atoms with Crippen LogP contribution in [0, 0.1) is 25.8 Å². The molecular weight excluding hydrogens is 318 g/mol. The largest absolute Gasteiger partial charge is 0.296 e. The Hall–Kier alpha value is -2.57. The van der Waals surface area contributed by atoms with Crippen molar-refractivity contribution in [2.24, 2.45) is 0 Å². The van der Waals surface area contributed by atoms with E-state index in [0.717, 1.165) is 17.7 Å². The van der Waals surface area contributed by atoms with Gasteiger partial charge in [-0.25, -0.2) is 0 Å². The first-order valence-electron chi connectivity index (χ1n) is 9.42. The van der Waals surface area contributed by atoms with Crippen LogP contribution in [0.1, 0.15) is 47.0 Å². The maximum Gasteiger partial charge on any atom is 0.0618 e. The topological polar surface area (TPSA) is 21.1 Å². The lowest BCUT2D eigenvalue weighted by Crippen LogP contribution is -2.34. The minimum atomic E-state index is 0.539. The summed E-state index contributed by atoms with van der Waals surface area (Å²) in [5.74, 6) is 3.33. The van der Waals surface area contributed by atoms with E-state index in [2.05, 4.69) is 64.7 Å². The van der Waals surface area contributed by atoms with Gasteiger partial charge < -0.3 is 0 Å². The number of aromatic nitrogens is 2. The van der Waals surface area contributed by atoms with Crippen molar-refractivity contribution in [3.63, 3.8) is 0 Å². The van der Waals surface area contributed by atoms with Crippen molar-refractivity contribution < 1.29 is 0 Å². The summed E-state index contributed by atoms with van der Waals surface area (Å²) in [6, 6.07) is 15.5. The highest BCUT2D eigenvalue weighted by atomic mass is 15.2. The van der Waals surface area contributed by atoms with Crippen LogP contribution < -0.4 is 0 Å². The van der Waals surface area contributed by atoms with Gasteiger partial charge in [0.05, 0.1) is 5.52 Å². The predicted molar refractivity (Wildman–Crippen MR) is 105 cm³/mol. The van der Waals surface area contributed by atoms with Crippen LogP contribution in [0.15, 0.2) is 36.5 Å². The summed E-state index contributed by atoms with van der Waals surface area (Å²) < 4.78 is 2.25. The molecule has 1 saturated heterocycles. The first-order chi connectivity index (χ1) is 12.6. The first-order valence-corrected chi connectivity index (χ1v) is 9.42. The SMILES string of the molecule is Cc1ccc2c(c1)c1c(n2C#Cc2ccc(C)nc2)CC2CCC1N2C. The molecule has 4 heterocycles. The van der Waals surface area contributed by atoms with E-state index >= 15 is 0 Å². The second-order valence-corrected chi connectivity index (χ2v) is 7.76. The summed E-state index contributed by atoms with van der Waals surface area (Å²) in [5, 5.41) is 1.38. The van der Waals surface area contributed by atoms with Gasteiger partial charge in [-0.15, -0.1) is 0 Å². The Morgan fingerprint density at radius 1 is 1.12 bits per heavy atom. The van der Waals surface area contributed by atoms with Crippen molar-refractivity contribution in [3.8, 4) is 12.0 Å². The van der Waals surface area contributed by atoms with Gasteiger partial charge in [0.2, 0.25) is 0 Å². The fraction of sp³-hybridized carbons (Fsp3) is 0.348. The molecule has 3 nitrogen and oxygen atoms in total. The number of aryl methyl sites for hydroxylation is 2. The zero-order valence-corrected chi connectivity index (χ0v) is 15.6. The molecule has 0 amide bonds. The Labute approximate surface area is 154 Å². The van der Waals surface area contributed by atoms with Crippen LogP contribution in [0.3, 0.4) is 0 Å².